The maximum Gasteiger partial charge on any atom is 0.326 e. The molecule has 1 saturated heterocycles. The van der Waals surface area contributed by atoms with E-state index >= 15 is 0 Å². The molecule has 4 rings (SSSR count). The van der Waals surface area contributed by atoms with Crippen LogP contribution in [0.3, 0.4) is 0 Å². The van der Waals surface area contributed by atoms with Gasteiger partial charge < -0.3 is 9.30 Å². The number of esters is 1. The highest BCUT2D eigenvalue weighted by Gasteiger charge is 2.27. The van der Waals surface area contributed by atoms with E-state index in [1.807, 2.05) is 0 Å². The number of thiazole rings is 1. The van der Waals surface area contributed by atoms with Gasteiger partial charge in [-0.1, -0.05) is 17.4 Å². The first kappa shape index (κ1) is 23.3. The standard InChI is InChI=1S/C22H22FN3O5S2/c1-2-31-19(27)14-26-20-17(23)6-5-7-18(20)32-22(26)24-21(28)15-8-10-16(11-9-15)33(29,30)25-12-3-4-13-25/h5-11H,2-4,12-14H2,1H3. The summed E-state index contributed by atoms with van der Waals surface area (Å²) in [6.45, 7) is 2.51. The smallest absolute Gasteiger partial charge is 0.326 e. The van der Waals surface area contributed by atoms with Gasteiger partial charge in [0.15, 0.2) is 4.80 Å². The lowest BCUT2D eigenvalue weighted by molar-refractivity contribution is -0.143. The second-order valence-electron chi connectivity index (χ2n) is 7.41. The predicted octanol–water partition coefficient (Wildman–Crippen LogP) is 2.93. The maximum absolute atomic E-state index is 14.5. The number of rotatable bonds is 6. The van der Waals surface area contributed by atoms with Gasteiger partial charge in [-0.3, -0.25) is 9.59 Å². The summed E-state index contributed by atoms with van der Waals surface area (Å²) in [7, 11) is -3.59. The van der Waals surface area contributed by atoms with Gasteiger partial charge in [0, 0.05) is 18.7 Å². The molecule has 0 unspecified atom stereocenters. The normalized spacial score (nSPS) is 15.3. The van der Waals surface area contributed by atoms with E-state index in [9.17, 15) is 22.4 Å². The number of para-hydroxylation sites is 1. The monoisotopic (exact) mass is 491 g/mol. The van der Waals surface area contributed by atoms with E-state index < -0.39 is 27.7 Å². The number of halogens is 1. The van der Waals surface area contributed by atoms with E-state index in [0.29, 0.717) is 17.8 Å². The number of sulfonamides is 1. The lowest BCUT2D eigenvalue weighted by Crippen LogP contribution is -2.27. The second kappa shape index (κ2) is 9.54. The Morgan fingerprint density at radius 3 is 2.48 bits per heavy atom. The first-order chi connectivity index (χ1) is 15.8. The number of amides is 1. The van der Waals surface area contributed by atoms with Crippen LogP contribution in [0.5, 0.6) is 0 Å². The van der Waals surface area contributed by atoms with Gasteiger partial charge in [-0.05, 0) is 56.2 Å². The average molecular weight is 492 g/mol. The van der Waals surface area contributed by atoms with Crippen LogP contribution in [0.2, 0.25) is 0 Å². The Hall–Kier alpha value is -2.89. The third kappa shape index (κ3) is 4.75. The molecule has 3 aromatic rings. The average Bonchev–Trinajstić information content (AvgIpc) is 3.44. The number of ether oxygens (including phenoxy) is 1. The van der Waals surface area contributed by atoms with E-state index in [2.05, 4.69) is 4.99 Å². The molecule has 2 heterocycles. The van der Waals surface area contributed by atoms with Crippen molar-refractivity contribution in [3.05, 3.63) is 58.6 Å². The van der Waals surface area contributed by atoms with Gasteiger partial charge in [0.25, 0.3) is 5.91 Å². The van der Waals surface area contributed by atoms with Crippen molar-refractivity contribution >= 4 is 43.5 Å². The Morgan fingerprint density at radius 1 is 1.12 bits per heavy atom. The Morgan fingerprint density at radius 2 is 1.82 bits per heavy atom. The molecule has 1 aliphatic heterocycles. The fraction of sp³-hybridized carbons (Fsp3) is 0.318. The molecule has 0 spiro atoms. The van der Waals surface area contributed by atoms with Gasteiger partial charge in [-0.25, -0.2) is 12.8 Å². The van der Waals surface area contributed by atoms with E-state index in [1.165, 1.54) is 45.3 Å². The summed E-state index contributed by atoms with van der Waals surface area (Å²) >= 11 is 1.07. The van der Waals surface area contributed by atoms with Crippen molar-refractivity contribution in [2.75, 3.05) is 19.7 Å². The minimum Gasteiger partial charge on any atom is -0.465 e. The van der Waals surface area contributed by atoms with E-state index in [0.717, 1.165) is 24.2 Å². The molecule has 0 radical (unpaired) electrons. The van der Waals surface area contributed by atoms with Crippen LogP contribution in [0.1, 0.15) is 30.1 Å². The van der Waals surface area contributed by atoms with E-state index in [4.69, 9.17) is 4.74 Å². The quantitative estimate of drug-likeness (QED) is 0.494. The zero-order valence-corrected chi connectivity index (χ0v) is 19.5. The molecule has 174 valence electrons. The van der Waals surface area contributed by atoms with Crippen LogP contribution in [0.15, 0.2) is 52.4 Å². The second-order valence-corrected chi connectivity index (χ2v) is 10.4. The molecular formula is C22H22FN3O5S2. The fourth-order valence-corrected chi connectivity index (χ4v) is 6.21. The number of fused-ring (bicyclic) bond motifs is 1. The number of carbonyl (C=O) groups excluding carboxylic acids is 2. The third-order valence-electron chi connectivity index (χ3n) is 5.25. The molecule has 0 aliphatic carbocycles. The maximum atomic E-state index is 14.5. The molecule has 1 aromatic heterocycles. The van der Waals surface area contributed by atoms with Crippen molar-refractivity contribution in [3.8, 4) is 0 Å². The number of carbonyl (C=O) groups is 2. The molecular weight excluding hydrogens is 469 g/mol. The van der Waals surface area contributed by atoms with Crippen molar-refractivity contribution in [2.45, 2.75) is 31.2 Å². The van der Waals surface area contributed by atoms with Crippen LogP contribution in [-0.4, -0.2) is 48.9 Å². The van der Waals surface area contributed by atoms with Crippen molar-refractivity contribution in [1.29, 1.82) is 0 Å². The van der Waals surface area contributed by atoms with Crippen molar-refractivity contribution in [1.82, 2.24) is 8.87 Å². The van der Waals surface area contributed by atoms with Gasteiger partial charge in [0.05, 0.1) is 21.7 Å². The van der Waals surface area contributed by atoms with Gasteiger partial charge >= 0.3 is 5.97 Å². The Balaban J connectivity index is 1.69. The van der Waals surface area contributed by atoms with Crippen LogP contribution in [0, 0.1) is 5.82 Å². The lowest BCUT2D eigenvalue weighted by Gasteiger charge is -2.15. The minimum atomic E-state index is -3.59. The van der Waals surface area contributed by atoms with Crippen LogP contribution < -0.4 is 4.80 Å². The number of hydrogen-bond donors (Lipinski definition) is 0. The first-order valence-electron chi connectivity index (χ1n) is 10.4. The lowest BCUT2D eigenvalue weighted by atomic mass is 10.2. The summed E-state index contributed by atoms with van der Waals surface area (Å²) in [5.41, 5.74) is 0.338. The summed E-state index contributed by atoms with van der Waals surface area (Å²) in [6.07, 6.45) is 1.66. The Labute approximate surface area is 194 Å². The predicted molar refractivity (Wildman–Crippen MR) is 121 cm³/mol. The van der Waals surface area contributed by atoms with Crippen LogP contribution in [0.4, 0.5) is 4.39 Å². The van der Waals surface area contributed by atoms with Gasteiger partial charge in [0.2, 0.25) is 10.0 Å². The largest absolute Gasteiger partial charge is 0.465 e. The number of hydrogen-bond acceptors (Lipinski definition) is 6. The summed E-state index contributed by atoms with van der Waals surface area (Å²) in [4.78, 5) is 29.2. The molecule has 0 bridgehead atoms. The fourth-order valence-electron chi connectivity index (χ4n) is 3.65. The van der Waals surface area contributed by atoms with Crippen molar-refractivity contribution < 1.29 is 27.1 Å². The van der Waals surface area contributed by atoms with E-state index in [1.54, 1.807) is 13.0 Å². The minimum absolute atomic E-state index is 0.113. The highest BCUT2D eigenvalue weighted by molar-refractivity contribution is 7.89. The van der Waals surface area contributed by atoms with Crippen molar-refractivity contribution in [3.63, 3.8) is 0 Å². The summed E-state index contributed by atoms with van der Waals surface area (Å²) in [6, 6.07) is 10.0. The zero-order chi connectivity index (χ0) is 23.6. The molecule has 0 saturated carbocycles. The molecule has 8 nitrogen and oxygen atoms in total. The van der Waals surface area contributed by atoms with Crippen LogP contribution in [0.25, 0.3) is 10.2 Å². The molecule has 11 heteroatoms. The van der Waals surface area contributed by atoms with Crippen molar-refractivity contribution in [2.24, 2.45) is 4.99 Å². The SMILES string of the molecule is CCOC(=O)Cn1c(=NC(=O)c2ccc(S(=O)(=O)N3CCCC3)cc2)sc2cccc(F)c21. The van der Waals surface area contributed by atoms with Gasteiger partial charge in [-0.15, -0.1) is 0 Å². The molecule has 0 N–H and O–H groups in total. The summed E-state index contributed by atoms with van der Waals surface area (Å²) in [5, 5.41) is 0. The van der Waals surface area contributed by atoms with Crippen LogP contribution in [-0.2, 0) is 26.1 Å². The molecule has 1 aliphatic rings. The first-order valence-corrected chi connectivity index (χ1v) is 12.7. The highest BCUT2D eigenvalue weighted by Crippen LogP contribution is 2.22. The van der Waals surface area contributed by atoms with Gasteiger partial charge in [-0.2, -0.15) is 9.30 Å². The highest BCUT2D eigenvalue weighted by atomic mass is 32.2. The summed E-state index contributed by atoms with van der Waals surface area (Å²) < 4.78 is 48.1. The zero-order valence-electron chi connectivity index (χ0n) is 17.9. The number of aromatic nitrogens is 1. The van der Waals surface area contributed by atoms with Crippen LogP contribution >= 0.6 is 11.3 Å². The molecule has 1 amide bonds. The Kier molecular flexibility index (Phi) is 6.73. The summed E-state index contributed by atoms with van der Waals surface area (Å²) in [5.74, 6) is -1.76. The Bertz CT molecular complexity index is 1370. The number of benzene rings is 2. The molecule has 2 aromatic carbocycles. The topological polar surface area (TPSA) is 98.0 Å². The van der Waals surface area contributed by atoms with E-state index in [-0.39, 0.29) is 33.9 Å². The number of nitrogens with zero attached hydrogens (tertiary/aromatic N) is 3. The third-order valence-corrected chi connectivity index (χ3v) is 8.20. The van der Waals surface area contributed by atoms with Gasteiger partial charge in [0.1, 0.15) is 12.4 Å². The molecule has 1 fully saturated rings. The molecule has 0 atom stereocenters. The molecule has 33 heavy (non-hydrogen) atoms.